The Bertz CT molecular complexity index is 660. The molecule has 24 heavy (non-hydrogen) atoms. The van der Waals surface area contributed by atoms with Crippen molar-refractivity contribution in [2.45, 2.75) is 39.8 Å². The third kappa shape index (κ3) is 4.83. The van der Waals surface area contributed by atoms with Gasteiger partial charge in [-0.05, 0) is 42.2 Å². The first-order valence-corrected chi connectivity index (χ1v) is 8.25. The molecule has 1 amide bonds. The molecule has 0 aliphatic carbocycles. The SMILES string of the molecule is CC(Nc1ccc(NC(=O)[C@@H](N)C(C)(C)C)cc1)c1ccccc1. The Labute approximate surface area is 144 Å². The first-order valence-electron chi connectivity index (χ1n) is 8.25. The van der Waals surface area contributed by atoms with E-state index in [1.807, 2.05) is 63.2 Å². The van der Waals surface area contributed by atoms with Crippen LogP contribution in [0.25, 0.3) is 0 Å². The van der Waals surface area contributed by atoms with Gasteiger partial charge < -0.3 is 16.4 Å². The molecular weight excluding hydrogens is 298 g/mol. The zero-order valence-corrected chi connectivity index (χ0v) is 14.8. The fourth-order valence-corrected chi connectivity index (χ4v) is 2.34. The van der Waals surface area contributed by atoms with Crippen LogP contribution in [0, 0.1) is 5.41 Å². The third-order valence-corrected chi connectivity index (χ3v) is 4.05. The maximum absolute atomic E-state index is 12.2. The molecule has 128 valence electrons. The Morgan fingerprint density at radius 1 is 0.958 bits per heavy atom. The summed E-state index contributed by atoms with van der Waals surface area (Å²) in [4.78, 5) is 12.2. The summed E-state index contributed by atoms with van der Waals surface area (Å²) in [5.41, 5.74) is 8.69. The molecule has 2 aromatic carbocycles. The second-order valence-corrected chi connectivity index (χ2v) is 7.19. The summed E-state index contributed by atoms with van der Waals surface area (Å²) in [6.07, 6.45) is 0. The number of carbonyl (C=O) groups is 1. The summed E-state index contributed by atoms with van der Waals surface area (Å²) in [7, 11) is 0. The predicted octanol–water partition coefficient (Wildman–Crippen LogP) is 4.17. The molecule has 1 unspecified atom stereocenters. The van der Waals surface area contributed by atoms with Crippen LogP contribution < -0.4 is 16.4 Å². The molecule has 4 heteroatoms. The molecule has 0 bridgehead atoms. The molecule has 0 fully saturated rings. The van der Waals surface area contributed by atoms with Crippen LogP contribution in [-0.4, -0.2) is 11.9 Å². The van der Waals surface area contributed by atoms with E-state index in [0.717, 1.165) is 11.4 Å². The van der Waals surface area contributed by atoms with Crippen molar-refractivity contribution >= 4 is 17.3 Å². The Morgan fingerprint density at radius 2 is 1.50 bits per heavy atom. The lowest BCUT2D eigenvalue weighted by molar-refractivity contribution is -0.119. The molecule has 0 heterocycles. The lowest BCUT2D eigenvalue weighted by Crippen LogP contribution is -2.45. The van der Waals surface area contributed by atoms with Gasteiger partial charge in [0.1, 0.15) is 0 Å². The Morgan fingerprint density at radius 3 is 2.04 bits per heavy atom. The molecule has 0 aromatic heterocycles. The largest absolute Gasteiger partial charge is 0.379 e. The van der Waals surface area contributed by atoms with E-state index in [-0.39, 0.29) is 17.4 Å². The molecular formula is C20H27N3O. The Balaban J connectivity index is 1.97. The van der Waals surface area contributed by atoms with Crippen molar-refractivity contribution in [1.82, 2.24) is 0 Å². The molecule has 4 nitrogen and oxygen atoms in total. The van der Waals surface area contributed by atoms with Crippen molar-refractivity contribution in [2.24, 2.45) is 11.1 Å². The molecule has 0 spiro atoms. The Kier molecular flexibility index (Phi) is 5.62. The van der Waals surface area contributed by atoms with Crippen LogP contribution in [-0.2, 0) is 4.79 Å². The number of hydrogen-bond acceptors (Lipinski definition) is 3. The topological polar surface area (TPSA) is 67.1 Å². The van der Waals surface area contributed by atoms with E-state index >= 15 is 0 Å². The number of carbonyl (C=O) groups excluding carboxylic acids is 1. The van der Waals surface area contributed by atoms with E-state index in [4.69, 9.17) is 5.73 Å². The first kappa shape index (κ1) is 18.0. The smallest absolute Gasteiger partial charge is 0.241 e. The second-order valence-electron chi connectivity index (χ2n) is 7.19. The predicted molar refractivity (Wildman–Crippen MR) is 101 cm³/mol. The van der Waals surface area contributed by atoms with Gasteiger partial charge in [0.15, 0.2) is 0 Å². The number of amides is 1. The van der Waals surface area contributed by atoms with Gasteiger partial charge in [-0.15, -0.1) is 0 Å². The maximum Gasteiger partial charge on any atom is 0.241 e. The minimum Gasteiger partial charge on any atom is -0.379 e. The van der Waals surface area contributed by atoms with Gasteiger partial charge >= 0.3 is 0 Å². The van der Waals surface area contributed by atoms with Gasteiger partial charge in [0, 0.05) is 17.4 Å². The highest BCUT2D eigenvalue weighted by atomic mass is 16.2. The number of benzene rings is 2. The van der Waals surface area contributed by atoms with Crippen molar-refractivity contribution in [3.8, 4) is 0 Å². The van der Waals surface area contributed by atoms with Gasteiger partial charge in [-0.3, -0.25) is 4.79 Å². The van der Waals surface area contributed by atoms with Crippen molar-refractivity contribution in [2.75, 3.05) is 10.6 Å². The number of nitrogens with two attached hydrogens (primary N) is 1. The first-order chi connectivity index (χ1) is 11.3. The highest BCUT2D eigenvalue weighted by Crippen LogP contribution is 2.22. The highest BCUT2D eigenvalue weighted by Gasteiger charge is 2.27. The third-order valence-electron chi connectivity index (χ3n) is 4.05. The monoisotopic (exact) mass is 325 g/mol. The normalized spacial score (nSPS) is 13.9. The van der Waals surface area contributed by atoms with Gasteiger partial charge in [-0.1, -0.05) is 51.1 Å². The molecule has 0 aliphatic rings. The minimum absolute atomic E-state index is 0.166. The average Bonchev–Trinajstić information content (AvgIpc) is 2.55. The minimum atomic E-state index is -0.548. The van der Waals surface area contributed by atoms with Gasteiger partial charge in [0.2, 0.25) is 5.91 Å². The van der Waals surface area contributed by atoms with Gasteiger partial charge in [-0.25, -0.2) is 0 Å². The maximum atomic E-state index is 12.2. The van der Waals surface area contributed by atoms with E-state index in [1.54, 1.807) is 0 Å². The fraction of sp³-hybridized carbons (Fsp3) is 0.350. The summed E-state index contributed by atoms with van der Waals surface area (Å²) in [5, 5.41) is 6.32. The van der Waals surface area contributed by atoms with Crippen LogP contribution in [0.2, 0.25) is 0 Å². The lowest BCUT2D eigenvalue weighted by atomic mass is 9.87. The number of anilines is 2. The van der Waals surface area contributed by atoms with Gasteiger partial charge in [0.05, 0.1) is 6.04 Å². The number of hydrogen-bond donors (Lipinski definition) is 3. The number of nitrogens with one attached hydrogen (secondary N) is 2. The van der Waals surface area contributed by atoms with Crippen LogP contribution in [0.3, 0.4) is 0 Å². The van der Waals surface area contributed by atoms with Gasteiger partial charge in [0.25, 0.3) is 0 Å². The summed E-state index contributed by atoms with van der Waals surface area (Å²) in [6.45, 7) is 7.98. The zero-order valence-electron chi connectivity index (χ0n) is 14.8. The molecule has 0 saturated heterocycles. The van der Waals surface area contributed by atoms with Crippen LogP contribution in [0.15, 0.2) is 54.6 Å². The van der Waals surface area contributed by atoms with Crippen molar-refractivity contribution in [1.29, 1.82) is 0 Å². The molecule has 2 atom stereocenters. The zero-order chi connectivity index (χ0) is 17.7. The van der Waals surface area contributed by atoms with Crippen molar-refractivity contribution < 1.29 is 4.79 Å². The van der Waals surface area contributed by atoms with E-state index < -0.39 is 6.04 Å². The number of rotatable bonds is 5. The molecule has 0 saturated carbocycles. The van der Waals surface area contributed by atoms with Crippen molar-refractivity contribution in [3.05, 3.63) is 60.2 Å². The standard InChI is InChI=1S/C20H27N3O/c1-14(15-8-6-5-7-9-15)22-16-10-12-17(13-11-16)23-19(24)18(21)20(2,3)4/h5-14,18,22H,21H2,1-4H3,(H,23,24)/t14?,18-/m1/s1. The van der Waals surface area contributed by atoms with E-state index in [1.165, 1.54) is 5.56 Å². The summed E-state index contributed by atoms with van der Waals surface area (Å²) in [5.74, 6) is -0.166. The van der Waals surface area contributed by atoms with Crippen LogP contribution >= 0.6 is 0 Å². The molecule has 0 radical (unpaired) electrons. The van der Waals surface area contributed by atoms with Crippen LogP contribution in [0.5, 0.6) is 0 Å². The van der Waals surface area contributed by atoms with Crippen LogP contribution in [0.1, 0.15) is 39.3 Å². The van der Waals surface area contributed by atoms with E-state index in [9.17, 15) is 4.79 Å². The summed E-state index contributed by atoms with van der Waals surface area (Å²) >= 11 is 0. The lowest BCUT2D eigenvalue weighted by Gasteiger charge is -2.25. The molecule has 2 aromatic rings. The fourth-order valence-electron chi connectivity index (χ4n) is 2.34. The average molecular weight is 325 g/mol. The molecule has 2 rings (SSSR count). The summed E-state index contributed by atoms with van der Waals surface area (Å²) in [6, 6.07) is 17.6. The molecule has 4 N–H and O–H groups in total. The van der Waals surface area contributed by atoms with E-state index in [0.29, 0.717) is 0 Å². The molecule has 0 aliphatic heterocycles. The quantitative estimate of drug-likeness (QED) is 0.773. The van der Waals surface area contributed by atoms with Gasteiger partial charge in [-0.2, -0.15) is 0 Å². The van der Waals surface area contributed by atoms with Crippen LogP contribution in [0.4, 0.5) is 11.4 Å². The second kappa shape index (κ2) is 7.49. The summed E-state index contributed by atoms with van der Waals surface area (Å²) < 4.78 is 0. The highest BCUT2D eigenvalue weighted by molar-refractivity contribution is 5.95. The van der Waals surface area contributed by atoms with E-state index in [2.05, 4.69) is 29.7 Å². The Hall–Kier alpha value is -2.33. The van der Waals surface area contributed by atoms with Crippen molar-refractivity contribution in [3.63, 3.8) is 0 Å².